The number of benzene rings is 2. The van der Waals surface area contributed by atoms with E-state index in [1.165, 1.54) is 28.6 Å². The van der Waals surface area contributed by atoms with Gasteiger partial charge in [-0.3, -0.25) is 14.9 Å². The van der Waals surface area contributed by atoms with Crippen molar-refractivity contribution in [3.8, 4) is 11.4 Å². The van der Waals surface area contributed by atoms with Crippen molar-refractivity contribution in [2.45, 2.75) is 19.8 Å². The number of carbonyl (C=O) groups is 1. The van der Waals surface area contributed by atoms with Gasteiger partial charge in [0.1, 0.15) is 12.4 Å². The molecule has 0 saturated carbocycles. The van der Waals surface area contributed by atoms with E-state index in [1.54, 1.807) is 12.1 Å². The van der Waals surface area contributed by atoms with Crippen molar-refractivity contribution in [3.05, 3.63) is 76.1 Å². The first-order chi connectivity index (χ1) is 13.9. The maximum atomic E-state index is 12.2. The lowest BCUT2D eigenvalue weighted by molar-refractivity contribution is -0.384. The van der Waals surface area contributed by atoms with Crippen molar-refractivity contribution in [3.63, 3.8) is 0 Å². The van der Waals surface area contributed by atoms with Gasteiger partial charge in [0.05, 0.1) is 23.4 Å². The first-order valence-electron chi connectivity index (χ1n) is 9.12. The number of ether oxygens (including phenoxy) is 1. The highest BCUT2D eigenvalue weighted by Crippen LogP contribution is 2.18. The Kier molecular flexibility index (Phi) is 6.18. The highest BCUT2D eigenvalue weighted by molar-refractivity contribution is 5.91. The van der Waals surface area contributed by atoms with E-state index in [4.69, 9.17) is 4.74 Å². The molecule has 0 aliphatic carbocycles. The van der Waals surface area contributed by atoms with Crippen molar-refractivity contribution in [2.24, 2.45) is 0 Å². The molecule has 0 radical (unpaired) electrons. The van der Waals surface area contributed by atoms with E-state index in [1.807, 2.05) is 24.3 Å². The molecule has 0 fully saturated rings. The molecule has 1 amide bonds. The van der Waals surface area contributed by atoms with Crippen molar-refractivity contribution in [2.75, 3.05) is 13.2 Å². The number of rotatable bonds is 8. The van der Waals surface area contributed by atoms with Crippen LogP contribution in [0.15, 0.2) is 54.7 Å². The second-order valence-electron chi connectivity index (χ2n) is 6.65. The van der Waals surface area contributed by atoms with Crippen LogP contribution in [0.25, 0.3) is 5.69 Å². The molecule has 1 N–H and O–H groups in total. The maximum absolute atomic E-state index is 12.2. The van der Waals surface area contributed by atoms with Gasteiger partial charge in [-0.15, -0.1) is 5.10 Å². The summed E-state index contributed by atoms with van der Waals surface area (Å²) in [5.74, 6) is 0.791. The van der Waals surface area contributed by atoms with E-state index in [0.29, 0.717) is 24.8 Å². The number of hydrogen-bond acceptors (Lipinski definition) is 6. The molecule has 0 atom stereocenters. The molecule has 1 heterocycles. The van der Waals surface area contributed by atoms with Gasteiger partial charge in [-0.05, 0) is 29.7 Å². The second-order valence-corrected chi connectivity index (χ2v) is 6.65. The Morgan fingerprint density at radius 2 is 2.00 bits per heavy atom. The monoisotopic (exact) mass is 395 g/mol. The van der Waals surface area contributed by atoms with E-state index in [2.05, 4.69) is 29.5 Å². The number of nitro groups is 1. The van der Waals surface area contributed by atoms with E-state index in [0.717, 1.165) is 5.75 Å². The molecule has 9 heteroatoms. The maximum Gasteiger partial charge on any atom is 0.273 e. The van der Waals surface area contributed by atoms with Crippen LogP contribution in [-0.4, -0.2) is 39.0 Å². The highest BCUT2D eigenvalue weighted by Gasteiger charge is 2.13. The lowest BCUT2D eigenvalue weighted by Crippen LogP contribution is -2.28. The fourth-order valence-corrected chi connectivity index (χ4v) is 2.62. The van der Waals surface area contributed by atoms with E-state index < -0.39 is 10.8 Å². The molecule has 3 aromatic rings. The zero-order valence-corrected chi connectivity index (χ0v) is 16.1. The number of carbonyl (C=O) groups excluding carboxylic acids is 1. The molecular formula is C20H21N5O4. The summed E-state index contributed by atoms with van der Waals surface area (Å²) < 4.78 is 6.93. The first kappa shape index (κ1) is 20.0. The lowest BCUT2D eigenvalue weighted by atomic mass is 10.0. The normalized spacial score (nSPS) is 10.7. The number of nitrogens with zero attached hydrogens (tertiary/aromatic N) is 4. The minimum absolute atomic E-state index is 0.0671. The molecule has 29 heavy (non-hydrogen) atoms. The molecule has 0 spiro atoms. The van der Waals surface area contributed by atoms with Gasteiger partial charge >= 0.3 is 0 Å². The zero-order valence-electron chi connectivity index (χ0n) is 16.1. The number of nitrogens with one attached hydrogen (secondary N) is 1. The largest absolute Gasteiger partial charge is 0.492 e. The predicted octanol–water partition coefficient (Wildman–Crippen LogP) is 3.11. The smallest absolute Gasteiger partial charge is 0.273 e. The Labute approximate surface area is 167 Å². The summed E-state index contributed by atoms with van der Waals surface area (Å²) in [6.45, 7) is 4.86. The summed E-state index contributed by atoms with van der Waals surface area (Å²) in [6.07, 6.45) is 1.42. The molecule has 1 aromatic heterocycles. The quantitative estimate of drug-likeness (QED) is 0.356. The Balaban J connectivity index is 1.51. The summed E-state index contributed by atoms with van der Waals surface area (Å²) in [6, 6.07) is 13.8. The standard InChI is InChI=1S/C20H21N5O4/c1-14(2)15-6-8-18(9-7-15)29-11-10-21-20(26)19-13-24(23-22-19)16-4-3-5-17(12-16)25(27)28/h3-9,12-14H,10-11H2,1-2H3,(H,21,26). The van der Waals surface area contributed by atoms with Gasteiger partial charge < -0.3 is 10.1 Å². The highest BCUT2D eigenvalue weighted by atomic mass is 16.6. The van der Waals surface area contributed by atoms with Crippen molar-refractivity contribution in [1.29, 1.82) is 0 Å². The predicted molar refractivity (Wildman–Crippen MR) is 106 cm³/mol. The average molecular weight is 395 g/mol. The third-order valence-corrected chi connectivity index (χ3v) is 4.23. The molecular weight excluding hydrogens is 374 g/mol. The minimum atomic E-state index is -0.496. The van der Waals surface area contributed by atoms with Crippen LogP contribution in [0.1, 0.15) is 35.8 Å². The molecule has 2 aromatic carbocycles. The van der Waals surface area contributed by atoms with Gasteiger partial charge in [0, 0.05) is 12.1 Å². The van der Waals surface area contributed by atoms with Gasteiger partial charge in [-0.25, -0.2) is 4.68 Å². The fourth-order valence-electron chi connectivity index (χ4n) is 2.62. The summed E-state index contributed by atoms with van der Waals surface area (Å²) in [7, 11) is 0. The Bertz CT molecular complexity index is 998. The Morgan fingerprint density at radius 1 is 1.24 bits per heavy atom. The molecule has 150 valence electrons. The van der Waals surface area contributed by atoms with Crippen molar-refractivity contribution >= 4 is 11.6 Å². The Morgan fingerprint density at radius 3 is 2.69 bits per heavy atom. The lowest BCUT2D eigenvalue weighted by Gasteiger charge is -2.09. The van der Waals surface area contributed by atoms with Crippen LogP contribution in [0.3, 0.4) is 0 Å². The average Bonchev–Trinajstić information content (AvgIpc) is 3.22. The van der Waals surface area contributed by atoms with Crippen molar-refractivity contribution < 1.29 is 14.5 Å². The van der Waals surface area contributed by atoms with Gasteiger partial charge in [-0.2, -0.15) is 0 Å². The van der Waals surface area contributed by atoms with Gasteiger partial charge in [0.2, 0.25) is 0 Å². The number of non-ortho nitro benzene ring substituents is 1. The van der Waals surface area contributed by atoms with Gasteiger partial charge in [0.25, 0.3) is 11.6 Å². The third-order valence-electron chi connectivity index (χ3n) is 4.23. The van der Waals surface area contributed by atoms with E-state index in [-0.39, 0.29) is 11.4 Å². The van der Waals surface area contributed by atoms with Crippen LogP contribution in [0, 0.1) is 10.1 Å². The van der Waals surface area contributed by atoms with Crippen molar-refractivity contribution in [1.82, 2.24) is 20.3 Å². The molecule has 3 rings (SSSR count). The van der Waals surface area contributed by atoms with Crippen LogP contribution in [0.4, 0.5) is 5.69 Å². The van der Waals surface area contributed by atoms with Crippen LogP contribution in [0.2, 0.25) is 0 Å². The summed E-state index contributed by atoms with van der Waals surface area (Å²) in [5.41, 5.74) is 1.72. The van der Waals surface area contributed by atoms with Crippen LogP contribution in [0.5, 0.6) is 5.75 Å². The zero-order chi connectivity index (χ0) is 20.8. The molecule has 0 aliphatic rings. The van der Waals surface area contributed by atoms with E-state index >= 15 is 0 Å². The molecule has 0 unspecified atom stereocenters. The SMILES string of the molecule is CC(C)c1ccc(OCCNC(=O)c2cn(-c3cccc([N+](=O)[O-])c3)nn2)cc1. The molecule has 0 aliphatic heterocycles. The second kappa shape index (κ2) is 8.96. The number of aromatic nitrogens is 3. The Hall–Kier alpha value is -3.75. The summed E-state index contributed by atoms with van der Waals surface area (Å²) >= 11 is 0. The van der Waals surface area contributed by atoms with Crippen LogP contribution >= 0.6 is 0 Å². The topological polar surface area (TPSA) is 112 Å². The summed E-state index contributed by atoms with van der Waals surface area (Å²) in [4.78, 5) is 22.6. The summed E-state index contributed by atoms with van der Waals surface area (Å²) in [5, 5.41) is 21.3. The van der Waals surface area contributed by atoms with E-state index in [9.17, 15) is 14.9 Å². The van der Waals surface area contributed by atoms with Gasteiger partial charge in [-0.1, -0.05) is 37.3 Å². The number of hydrogen-bond donors (Lipinski definition) is 1. The molecule has 0 bridgehead atoms. The van der Waals surface area contributed by atoms with Crippen LogP contribution < -0.4 is 10.1 Å². The third kappa shape index (κ3) is 5.16. The van der Waals surface area contributed by atoms with Crippen LogP contribution in [-0.2, 0) is 0 Å². The molecule has 0 saturated heterocycles. The first-order valence-corrected chi connectivity index (χ1v) is 9.12. The minimum Gasteiger partial charge on any atom is -0.492 e. The number of nitro benzene ring substituents is 1. The van der Waals surface area contributed by atoms with Gasteiger partial charge in [0.15, 0.2) is 5.69 Å². The number of amides is 1. The fraction of sp³-hybridized carbons (Fsp3) is 0.250. The molecule has 9 nitrogen and oxygen atoms in total.